The van der Waals surface area contributed by atoms with E-state index >= 15 is 0 Å². The molecule has 0 atom stereocenters. The SMILES string of the molecule is Cc1ccc2c(c1)C(=O)/C(=C\c1cc3sc(-c4ccccc4)nc3n1C)C2=O. The van der Waals surface area contributed by atoms with E-state index in [1.165, 1.54) is 0 Å². The number of carbonyl (C=O) groups is 2. The number of aryl methyl sites for hydroxylation is 2. The van der Waals surface area contributed by atoms with Crippen LogP contribution < -0.4 is 0 Å². The van der Waals surface area contributed by atoms with Crippen molar-refractivity contribution in [2.45, 2.75) is 6.92 Å². The number of carbonyl (C=O) groups excluding carboxylic acids is 2. The summed E-state index contributed by atoms with van der Waals surface area (Å²) in [5.74, 6) is -0.409. The van der Waals surface area contributed by atoms with Crippen LogP contribution in [0.25, 0.3) is 27.0 Å². The maximum atomic E-state index is 12.8. The van der Waals surface area contributed by atoms with Crippen LogP contribution in [0.4, 0.5) is 0 Å². The molecule has 28 heavy (non-hydrogen) atoms. The highest BCUT2D eigenvalue weighted by Crippen LogP contribution is 2.34. The van der Waals surface area contributed by atoms with Gasteiger partial charge in [-0.1, -0.05) is 48.0 Å². The maximum Gasteiger partial charge on any atom is 0.197 e. The molecule has 0 amide bonds. The predicted molar refractivity (Wildman–Crippen MR) is 112 cm³/mol. The Morgan fingerprint density at radius 1 is 0.964 bits per heavy atom. The minimum Gasteiger partial charge on any atom is -0.328 e. The highest BCUT2D eigenvalue weighted by atomic mass is 32.1. The first-order chi connectivity index (χ1) is 13.5. The Labute approximate surface area is 165 Å². The lowest BCUT2D eigenvalue weighted by atomic mass is 10.1. The average Bonchev–Trinajstić information content (AvgIpc) is 3.31. The standard InChI is InChI=1S/C23H16N2O2S/c1-13-8-9-16-17(10-13)21(27)18(20(16)26)11-15-12-19-22(25(15)2)24-23(28-19)14-6-4-3-5-7-14/h3-12H,1-2H3/b18-11-. The predicted octanol–water partition coefficient (Wildman–Crippen LogP) is 5.07. The van der Waals surface area contributed by atoms with Gasteiger partial charge in [-0.05, 0) is 25.1 Å². The van der Waals surface area contributed by atoms with E-state index in [1.54, 1.807) is 29.5 Å². The second-order valence-electron chi connectivity index (χ2n) is 6.97. The molecule has 0 unspecified atom stereocenters. The summed E-state index contributed by atoms with van der Waals surface area (Å²) in [5, 5.41) is 0.955. The summed E-state index contributed by atoms with van der Waals surface area (Å²) in [6.45, 7) is 1.92. The van der Waals surface area contributed by atoms with Crippen molar-refractivity contribution >= 4 is 39.3 Å². The fraction of sp³-hybridized carbons (Fsp3) is 0.0870. The Hall–Kier alpha value is -3.31. The third-order valence-electron chi connectivity index (χ3n) is 5.08. The fourth-order valence-electron chi connectivity index (χ4n) is 3.57. The molecule has 2 aromatic carbocycles. The second kappa shape index (κ2) is 6.11. The average molecular weight is 384 g/mol. The molecule has 0 bridgehead atoms. The largest absolute Gasteiger partial charge is 0.328 e. The fourth-order valence-corrected chi connectivity index (χ4v) is 4.62. The second-order valence-corrected chi connectivity index (χ2v) is 8.00. The number of aromatic nitrogens is 2. The Balaban J connectivity index is 1.57. The Morgan fingerprint density at radius 3 is 2.46 bits per heavy atom. The van der Waals surface area contributed by atoms with Crippen LogP contribution in [0.3, 0.4) is 0 Å². The van der Waals surface area contributed by atoms with Crippen molar-refractivity contribution in [2.75, 3.05) is 0 Å². The van der Waals surface area contributed by atoms with Crippen LogP contribution in [0.15, 0.2) is 60.2 Å². The van der Waals surface area contributed by atoms with Gasteiger partial charge in [-0.2, -0.15) is 0 Å². The summed E-state index contributed by atoms with van der Waals surface area (Å²) in [6, 6.07) is 17.4. The molecule has 0 N–H and O–H groups in total. The van der Waals surface area contributed by atoms with Gasteiger partial charge in [0.25, 0.3) is 0 Å². The zero-order valence-electron chi connectivity index (χ0n) is 15.4. The lowest BCUT2D eigenvalue weighted by Gasteiger charge is -2.00. The van der Waals surface area contributed by atoms with Crippen LogP contribution in [0, 0.1) is 6.92 Å². The van der Waals surface area contributed by atoms with Gasteiger partial charge in [0.1, 0.15) is 5.01 Å². The van der Waals surface area contributed by atoms with Gasteiger partial charge in [-0.15, -0.1) is 11.3 Å². The van der Waals surface area contributed by atoms with E-state index in [-0.39, 0.29) is 17.1 Å². The molecule has 2 heterocycles. The van der Waals surface area contributed by atoms with Crippen LogP contribution in [-0.2, 0) is 7.05 Å². The quantitative estimate of drug-likeness (QED) is 0.358. The molecule has 1 aliphatic rings. The maximum absolute atomic E-state index is 12.8. The molecule has 0 saturated heterocycles. The van der Waals surface area contributed by atoms with Gasteiger partial charge in [-0.25, -0.2) is 4.98 Å². The molecule has 0 spiro atoms. The van der Waals surface area contributed by atoms with Crippen LogP contribution in [-0.4, -0.2) is 21.1 Å². The first-order valence-corrected chi connectivity index (χ1v) is 9.78. The summed E-state index contributed by atoms with van der Waals surface area (Å²) >= 11 is 1.60. The lowest BCUT2D eigenvalue weighted by Crippen LogP contribution is -2.02. The van der Waals surface area contributed by atoms with E-state index in [9.17, 15) is 9.59 Å². The van der Waals surface area contributed by atoms with Crippen molar-refractivity contribution in [3.63, 3.8) is 0 Å². The number of Topliss-reactive ketones (excluding diaryl/α,β-unsaturated/α-hetero) is 2. The zero-order chi connectivity index (χ0) is 19.4. The number of benzene rings is 2. The first kappa shape index (κ1) is 16.8. The number of thiazole rings is 1. The topological polar surface area (TPSA) is 52.0 Å². The van der Waals surface area contributed by atoms with Gasteiger partial charge in [0.15, 0.2) is 17.2 Å². The molecule has 5 heteroatoms. The highest BCUT2D eigenvalue weighted by Gasteiger charge is 2.33. The molecule has 0 aliphatic heterocycles. The van der Waals surface area contributed by atoms with Crippen LogP contribution in [0.5, 0.6) is 0 Å². The summed E-state index contributed by atoms with van der Waals surface area (Å²) in [5.41, 5.74) is 4.90. The zero-order valence-corrected chi connectivity index (χ0v) is 16.2. The molecule has 0 fully saturated rings. The first-order valence-electron chi connectivity index (χ1n) is 8.96. The monoisotopic (exact) mass is 384 g/mol. The smallest absolute Gasteiger partial charge is 0.197 e. The Bertz CT molecular complexity index is 1310. The molecular weight excluding hydrogens is 368 g/mol. The van der Waals surface area contributed by atoms with Crippen LogP contribution in [0.2, 0.25) is 0 Å². The molecule has 136 valence electrons. The van der Waals surface area contributed by atoms with Gasteiger partial charge in [0.05, 0.1) is 10.3 Å². The number of ketones is 2. The van der Waals surface area contributed by atoms with Gasteiger partial charge in [-0.3, -0.25) is 9.59 Å². The third-order valence-corrected chi connectivity index (χ3v) is 6.13. The Morgan fingerprint density at radius 2 is 1.71 bits per heavy atom. The third kappa shape index (κ3) is 2.47. The number of nitrogens with zero attached hydrogens (tertiary/aromatic N) is 2. The van der Waals surface area contributed by atoms with Gasteiger partial charge in [0.2, 0.25) is 0 Å². The lowest BCUT2D eigenvalue weighted by molar-refractivity contribution is 0.0990. The molecule has 0 radical (unpaired) electrons. The van der Waals surface area contributed by atoms with Crippen LogP contribution >= 0.6 is 11.3 Å². The normalized spacial score (nSPS) is 15.0. The summed E-state index contributed by atoms with van der Waals surface area (Å²) < 4.78 is 2.96. The van der Waals surface area contributed by atoms with E-state index in [1.807, 2.05) is 61.0 Å². The van der Waals surface area contributed by atoms with E-state index < -0.39 is 0 Å². The molecular formula is C23H16N2O2S. The van der Waals surface area contributed by atoms with E-state index in [2.05, 4.69) is 0 Å². The molecule has 4 aromatic rings. The molecule has 4 nitrogen and oxygen atoms in total. The van der Waals surface area contributed by atoms with Gasteiger partial charge in [0, 0.05) is 29.4 Å². The Kier molecular flexibility index (Phi) is 3.67. The minimum atomic E-state index is -0.206. The van der Waals surface area contributed by atoms with Crippen LogP contribution in [0.1, 0.15) is 32.0 Å². The molecule has 1 aliphatic carbocycles. The van der Waals surface area contributed by atoms with E-state index in [4.69, 9.17) is 4.98 Å². The van der Waals surface area contributed by atoms with Gasteiger partial charge < -0.3 is 4.57 Å². The number of rotatable bonds is 2. The number of hydrogen-bond donors (Lipinski definition) is 0. The number of fused-ring (bicyclic) bond motifs is 2. The van der Waals surface area contributed by atoms with Crippen molar-refractivity contribution in [3.05, 3.63) is 82.6 Å². The summed E-state index contributed by atoms with van der Waals surface area (Å²) in [7, 11) is 1.91. The van der Waals surface area contributed by atoms with Crippen molar-refractivity contribution < 1.29 is 9.59 Å². The van der Waals surface area contributed by atoms with E-state index in [0.29, 0.717) is 11.1 Å². The van der Waals surface area contributed by atoms with Gasteiger partial charge >= 0.3 is 0 Å². The number of allylic oxidation sites excluding steroid dienone is 1. The highest BCUT2D eigenvalue weighted by molar-refractivity contribution is 7.21. The van der Waals surface area contributed by atoms with E-state index in [0.717, 1.165) is 32.2 Å². The number of hydrogen-bond acceptors (Lipinski definition) is 4. The van der Waals surface area contributed by atoms with Crippen molar-refractivity contribution in [1.82, 2.24) is 9.55 Å². The summed E-state index contributed by atoms with van der Waals surface area (Å²) in [4.78, 5) is 30.2. The molecule has 5 rings (SSSR count). The van der Waals surface area contributed by atoms with Crippen molar-refractivity contribution in [3.8, 4) is 10.6 Å². The van der Waals surface area contributed by atoms with Crippen molar-refractivity contribution in [2.24, 2.45) is 7.05 Å². The summed E-state index contributed by atoms with van der Waals surface area (Å²) in [6.07, 6.45) is 1.69. The minimum absolute atomic E-state index is 0.203. The van der Waals surface area contributed by atoms with Crippen molar-refractivity contribution in [1.29, 1.82) is 0 Å². The molecule has 0 saturated carbocycles. The molecule has 2 aromatic heterocycles.